The minimum absolute atomic E-state index is 0.876. The van der Waals surface area contributed by atoms with E-state index in [4.69, 9.17) is 0 Å². The molecule has 88 valence electrons. The van der Waals surface area contributed by atoms with Crippen molar-refractivity contribution >= 4 is 17.2 Å². The molecule has 0 spiro atoms. The number of aryl methyl sites for hydroxylation is 3. The summed E-state index contributed by atoms with van der Waals surface area (Å²) in [6.07, 6.45) is 3.60. The lowest BCUT2D eigenvalue weighted by Crippen LogP contribution is -2.02. The number of anilines is 1. The Morgan fingerprint density at radius 1 is 1.29 bits per heavy atom. The van der Waals surface area contributed by atoms with Gasteiger partial charge in [0.05, 0.1) is 0 Å². The average Bonchev–Trinajstić information content (AvgIpc) is 2.94. The highest BCUT2D eigenvalue weighted by Gasteiger charge is 2.12. The zero-order chi connectivity index (χ0) is 11.7. The van der Waals surface area contributed by atoms with Gasteiger partial charge in [0, 0.05) is 12.2 Å². The van der Waals surface area contributed by atoms with E-state index in [2.05, 4.69) is 40.1 Å². The van der Waals surface area contributed by atoms with Crippen molar-refractivity contribution in [3.63, 3.8) is 0 Å². The Hall–Kier alpha value is -1.35. The predicted octanol–water partition coefficient (Wildman–Crippen LogP) is 3.55. The van der Waals surface area contributed by atoms with Gasteiger partial charge in [-0.3, -0.25) is 0 Å². The van der Waals surface area contributed by atoms with Crippen LogP contribution < -0.4 is 5.32 Å². The lowest BCUT2D eigenvalue weighted by Gasteiger charge is -2.07. The number of pyridine rings is 1. The summed E-state index contributed by atoms with van der Waals surface area (Å²) in [5, 5.41) is 7.80. The van der Waals surface area contributed by atoms with Gasteiger partial charge in [-0.05, 0) is 59.7 Å². The summed E-state index contributed by atoms with van der Waals surface area (Å²) in [6, 6.07) is 4.32. The van der Waals surface area contributed by atoms with E-state index in [0.717, 1.165) is 18.8 Å². The van der Waals surface area contributed by atoms with E-state index < -0.39 is 0 Å². The summed E-state index contributed by atoms with van der Waals surface area (Å²) in [4.78, 5) is 4.67. The standard InChI is InChI=1S/C14H16N2S/c1-10-8-17-9-12(10)7-15-14-6-5-11-3-2-4-13(11)16-14/h5-6,8-9H,2-4,7H2,1H3,(H,15,16). The number of nitrogens with one attached hydrogen (secondary N) is 1. The van der Waals surface area contributed by atoms with Gasteiger partial charge in [-0.1, -0.05) is 6.07 Å². The number of rotatable bonds is 3. The Balaban J connectivity index is 1.72. The lowest BCUT2D eigenvalue weighted by molar-refractivity contribution is 0.899. The second-order valence-electron chi connectivity index (χ2n) is 4.59. The maximum Gasteiger partial charge on any atom is 0.126 e. The molecule has 1 aliphatic carbocycles. The minimum atomic E-state index is 0.876. The predicted molar refractivity (Wildman–Crippen MR) is 72.6 cm³/mol. The van der Waals surface area contributed by atoms with E-state index in [0.29, 0.717) is 0 Å². The van der Waals surface area contributed by atoms with Crippen molar-refractivity contribution in [2.24, 2.45) is 0 Å². The number of aromatic nitrogens is 1. The Morgan fingerprint density at radius 2 is 2.24 bits per heavy atom. The fourth-order valence-corrected chi connectivity index (χ4v) is 3.13. The third kappa shape index (κ3) is 2.20. The Morgan fingerprint density at radius 3 is 3.06 bits per heavy atom. The molecular formula is C14H16N2S. The van der Waals surface area contributed by atoms with Crippen LogP contribution in [0.3, 0.4) is 0 Å². The van der Waals surface area contributed by atoms with Crippen LogP contribution in [0, 0.1) is 6.92 Å². The number of hydrogen-bond acceptors (Lipinski definition) is 3. The van der Waals surface area contributed by atoms with Gasteiger partial charge >= 0.3 is 0 Å². The van der Waals surface area contributed by atoms with Crippen molar-refractivity contribution in [1.82, 2.24) is 4.98 Å². The van der Waals surface area contributed by atoms with Crippen molar-refractivity contribution in [3.05, 3.63) is 45.3 Å². The van der Waals surface area contributed by atoms with Gasteiger partial charge in [0.25, 0.3) is 0 Å². The Labute approximate surface area is 106 Å². The molecule has 0 aliphatic heterocycles. The van der Waals surface area contributed by atoms with Gasteiger partial charge in [0.15, 0.2) is 0 Å². The maximum absolute atomic E-state index is 4.67. The summed E-state index contributed by atoms with van der Waals surface area (Å²) < 4.78 is 0. The van der Waals surface area contributed by atoms with Crippen molar-refractivity contribution < 1.29 is 0 Å². The van der Waals surface area contributed by atoms with E-state index in [1.807, 2.05) is 0 Å². The largest absolute Gasteiger partial charge is 0.366 e. The molecule has 0 saturated carbocycles. The Bertz CT molecular complexity index is 531. The second-order valence-corrected chi connectivity index (χ2v) is 5.33. The third-order valence-electron chi connectivity index (χ3n) is 3.35. The molecule has 0 radical (unpaired) electrons. The van der Waals surface area contributed by atoms with Crippen LogP contribution in [-0.4, -0.2) is 4.98 Å². The van der Waals surface area contributed by atoms with E-state index in [9.17, 15) is 0 Å². The van der Waals surface area contributed by atoms with Gasteiger partial charge in [-0.2, -0.15) is 11.3 Å². The number of fused-ring (bicyclic) bond motifs is 1. The fraction of sp³-hybridized carbons (Fsp3) is 0.357. The highest BCUT2D eigenvalue weighted by Crippen LogP contribution is 2.22. The fourth-order valence-electron chi connectivity index (χ4n) is 2.27. The van der Waals surface area contributed by atoms with Crippen molar-refractivity contribution in [2.75, 3.05) is 5.32 Å². The third-order valence-corrected chi connectivity index (χ3v) is 4.26. The second kappa shape index (κ2) is 4.49. The summed E-state index contributed by atoms with van der Waals surface area (Å²) in [5.41, 5.74) is 5.46. The first-order chi connectivity index (χ1) is 8.33. The van der Waals surface area contributed by atoms with Crippen LogP contribution in [0.1, 0.15) is 28.8 Å². The van der Waals surface area contributed by atoms with Crippen molar-refractivity contribution in [1.29, 1.82) is 0 Å². The molecule has 2 aromatic rings. The van der Waals surface area contributed by atoms with Gasteiger partial charge in [0.1, 0.15) is 5.82 Å². The van der Waals surface area contributed by atoms with Crippen molar-refractivity contribution in [2.45, 2.75) is 32.7 Å². The first-order valence-corrected chi connectivity index (χ1v) is 7.01. The van der Waals surface area contributed by atoms with E-state index >= 15 is 0 Å². The quantitative estimate of drug-likeness (QED) is 0.893. The molecule has 0 saturated heterocycles. The zero-order valence-electron chi connectivity index (χ0n) is 9.99. The first kappa shape index (κ1) is 10.8. The zero-order valence-corrected chi connectivity index (χ0v) is 10.8. The molecule has 0 fully saturated rings. The Kier molecular flexibility index (Phi) is 2.85. The van der Waals surface area contributed by atoms with Gasteiger partial charge in [0.2, 0.25) is 0 Å². The highest BCUT2D eigenvalue weighted by molar-refractivity contribution is 7.08. The summed E-state index contributed by atoms with van der Waals surface area (Å²) in [5.74, 6) is 1.01. The van der Waals surface area contributed by atoms with Crippen LogP contribution in [0.15, 0.2) is 22.9 Å². The molecule has 2 aromatic heterocycles. The van der Waals surface area contributed by atoms with Crippen LogP contribution >= 0.6 is 11.3 Å². The minimum Gasteiger partial charge on any atom is -0.366 e. The molecule has 2 heterocycles. The molecule has 1 aliphatic rings. The molecule has 0 unspecified atom stereocenters. The molecule has 0 aromatic carbocycles. The lowest BCUT2D eigenvalue weighted by atomic mass is 10.2. The molecule has 0 atom stereocenters. The highest BCUT2D eigenvalue weighted by atomic mass is 32.1. The van der Waals surface area contributed by atoms with Crippen LogP contribution in [0.5, 0.6) is 0 Å². The SMILES string of the molecule is Cc1cscc1CNc1ccc2c(n1)CCC2. The molecule has 0 bridgehead atoms. The van der Waals surface area contributed by atoms with Gasteiger partial charge in [-0.25, -0.2) is 4.98 Å². The average molecular weight is 244 g/mol. The topological polar surface area (TPSA) is 24.9 Å². The van der Waals surface area contributed by atoms with Gasteiger partial charge in [-0.15, -0.1) is 0 Å². The molecular weight excluding hydrogens is 228 g/mol. The molecule has 1 N–H and O–H groups in total. The van der Waals surface area contributed by atoms with Gasteiger partial charge < -0.3 is 5.32 Å². The molecule has 17 heavy (non-hydrogen) atoms. The molecule has 3 rings (SSSR count). The monoisotopic (exact) mass is 244 g/mol. The smallest absolute Gasteiger partial charge is 0.126 e. The van der Waals surface area contributed by atoms with Crippen LogP contribution in [0.25, 0.3) is 0 Å². The van der Waals surface area contributed by atoms with E-state index in [1.54, 1.807) is 11.3 Å². The summed E-state index contributed by atoms with van der Waals surface area (Å²) in [7, 11) is 0. The summed E-state index contributed by atoms with van der Waals surface area (Å²) >= 11 is 1.76. The first-order valence-electron chi connectivity index (χ1n) is 6.07. The van der Waals surface area contributed by atoms with Crippen molar-refractivity contribution in [3.8, 4) is 0 Å². The summed E-state index contributed by atoms with van der Waals surface area (Å²) in [6.45, 7) is 3.03. The van der Waals surface area contributed by atoms with Crippen LogP contribution in [0.4, 0.5) is 5.82 Å². The van der Waals surface area contributed by atoms with E-state index in [1.165, 1.54) is 35.2 Å². The number of hydrogen-bond donors (Lipinski definition) is 1. The normalized spacial score (nSPS) is 13.7. The molecule has 0 amide bonds. The van der Waals surface area contributed by atoms with E-state index in [-0.39, 0.29) is 0 Å². The number of thiophene rings is 1. The molecule has 3 heteroatoms. The molecule has 2 nitrogen and oxygen atoms in total. The van der Waals surface area contributed by atoms with Crippen LogP contribution in [-0.2, 0) is 19.4 Å². The van der Waals surface area contributed by atoms with Crippen LogP contribution in [0.2, 0.25) is 0 Å². The maximum atomic E-state index is 4.67. The number of nitrogens with zero attached hydrogens (tertiary/aromatic N) is 1.